The number of thiophene rings is 1. The molecule has 0 saturated carbocycles. The molecular weight excluding hydrogens is 470 g/mol. The van der Waals surface area contributed by atoms with Crippen LogP contribution in [0.1, 0.15) is 34.9 Å². The number of nitrogens with one attached hydrogen (secondary N) is 1. The van der Waals surface area contributed by atoms with E-state index in [2.05, 4.69) is 16.5 Å². The van der Waals surface area contributed by atoms with Crippen molar-refractivity contribution in [2.75, 3.05) is 26.8 Å². The van der Waals surface area contributed by atoms with E-state index in [-0.39, 0.29) is 31.4 Å². The van der Waals surface area contributed by atoms with Gasteiger partial charge in [0.2, 0.25) is 0 Å². The van der Waals surface area contributed by atoms with Gasteiger partial charge < -0.3 is 24.3 Å². The quantitative estimate of drug-likeness (QED) is 0.287. The highest BCUT2D eigenvalue weighted by molar-refractivity contribution is 7.20. The van der Waals surface area contributed by atoms with Gasteiger partial charge in [-0.15, -0.1) is 17.9 Å². The topological polar surface area (TPSA) is 114 Å². The Morgan fingerprint density at radius 3 is 2.60 bits per heavy atom. The number of aliphatic hydroxyl groups excluding tert-OH is 1. The monoisotopic (exact) mass is 501 g/mol. The number of aryl methyl sites for hydroxylation is 1. The molecule has 2 aromatic heterocycles. The first-order valence-corrected chi connectivity index (χ1v) is 12.0. The number of H-pyrrole nitrogens is 1. The molecular formula is C25H31N3O6S. The van der Waals surface area contributed by atoms with Crippen molar-refractivity contribution in [3.8, 4) is 11.5 Å². The van der Waals surface area contributed by atoms with Crippen molar-refractivity contribution in [1.29, 1.82) is 0 Å². The third-order valence-electron chi connectivity index (χ3n) is 5.11. The van der Waals surface area contributed by atoms with E-state index in [0.29, 0.717) is 38.8 Å². The van der Waals surface area contributed by atoms with Crippen LogP contribution < -0.4 is 15.0 Å². The Balaban J connectivity index is 1.70. The van der Waals surface area contributed by atoms with Crippen molar-refractivity contribution in [2.24, 2.45) is 0 Å². The van der Waals surface area contributed by atoms with E-state index in [1.54, 1.807) is 58.2 Å². The molecule has 1 atom stereocenters. The Labute approximate surface area is 208 Å². The van der Waals surface area contributed by atoms with Crippen LogP contribution in [0.3, 0.4) is 0 Å². The number of hydrogen-bond donors (Lipinski definition) is 2. The SMILES string of the molecule is C=CCN(Cc1nc2sc(C(=O)OC(C)C)c(C)c2c(=O)[nH]1)CC(O)COc1ccc(OC)cc1. The van der Waals surface area contributed by atoms with Crippen LogP contribution in [0.25, 0.3) is 10.2 Å². The number of ether oxygens (including phenoxy) is 3. The largest absolute Gasteiger partial charge is 0.497 e. The minimum Gasteiger partial charge on any atom is -0.497 e. The molecule has 3 aromatic rings. The third kappa shape index (κ3) is 6.91. The van der Waals surface area contributed by atoms with Gasteiger partial charge in [-0.25, -0.2) is 9.78 Å². The Morgan fingerprint density at radius 2 is 1.97 bits per heavy atom. The number of aromatic nitrogens is 2. The van der Waals surface area contributed by atoms with E-state index in [1.165, 1.54) is 0 Å². The lowest BCUT2D eigenvalue weighted by Gasteiger charge is -2.23. The molecule has 0 bridgehead atoms. The van der Waals surface area contributed by atoms with E-state index in [4.69, 9.17) is 14.2 Å². The summed E-state index contributed by atoms with van der Waals surface area (Å²) in [5.41, 5.74) is 0.245. The van der Waals surface area contributed by atoms with Gasteiger partial charge >= 0.3 is 5.97 Å². The highest BCUT2D eigenvalue weighted by atomic mass is 32.1. The molecule has 0 fully saturated rings. The summed E-state index contributed by atoms with van der Waals surface area (Å²) in [7, 11) is 1.59. The summed E-state index contributed by atoms with van der Waals surface area (Å²) in [6, 6.07) is 7.10. The normalized spacial score (nSPS) is 12.2. The molecule has 2 N–H and O–H groups in total. The van der Waals surface area contributed by atoms with Gasteiger partial charge in [-0.1, -0.05) is 6.08 Å². The molecule has 0 spiro atoms. The van der Waals surface area contributed by atoms with Crippen LogP contribution in [-0.4, -0.2) is 65.0 Å². The second-order valence-electron chi connectivity index (χ2n) is 8.33. The zero-order valence-electron chi connectivity index (χ0n) is 20.4. The number of carbonyl (C=O) groups excluding carboxylic acids is 1. The van der Waals surface area contributed by atoms with E-state index < -0.39 is 12.1 Å². The van der Waals surface area contributed by atoms with Crippen LogP contribution in [-0.2, 0) is 11.3 Å². The molecule has 0 saturated heterocycles. The van der Waals surface area contributed by atoms with Crippen LogP contribution in [0.2, 0.25) is 0 Å². The van der Waals surface area contributed by atoms with Gasteiger partial charge in [0.05, 0.1) is 25.1 Å². The standard InChI is InChI=1S/C25H31N3O6S/c1-6-11-28(12-17(29)14-33-19-9-7-18(32-5)8-10-19)13-20-26-23(30)21-16(4)22(35-24(21)27-20)25(31)34-15(2)3/h6-10,15,17,29H,1,11-14H2,2-5H3,(H,26,27,30). The third-order valence-corrected chi connectivity index (χ3v) is 6.27. The molecule has 1 unspecified atom stereocenters. The summed E-state index contributed by atoms with van der Waals surface area (Å²) in [6.45, 7) is 10.2. The van der Waals surface area contributed by atoms with Crippen LogP contribution in [0, 0.1) is 6.92 Å². The van der Waals surface area contributed by atoms with Crippen LogP contribution in [0.15, 0.2) is 41.7 Å². The summed E-state index contributed by atoms with van der Waals surface area (Å²) in [5, 5.41) is 10.9. The first kappa shape index (κ1) is 26.4. The smallest absolute Gasteiger partial charge is 0.348 e. The summed E-state index contributed by atoms with van der Waals surface area (Å²) in [4.78, 5) is 35.3. The second kappa shape index (κ2) is 12.0. The van der Waals surface area contributed by atoms with E-state index in [1.807, 2.05) is 4.90 Å². The molecule has 10 heteroatoms. The number of aromatic amines is 1. The van der Waals surface area contributed by atoms with Gasteiger partial charge in [0.1, 0.15) is 39.7 Å². The fourth-order valence-corrected chi connectivity index (χ4v) is 4.62. The number of esters is 1. The van der Waals surface area contributed by atoms with Crippen molar-refractivity contribution in [2.45, 2.75) is 39.5 Å². The average Bonchev–Trinajstić information content (AvgIpc) is 3.14. The average molecular weight is 502 g/mol. The lowest BCUT2D eigenvalue weighted by atomic mass is 10.2. The first-order chi connectivity index (χ1) is 16.7. The van der Waals surface area contributed by atoms with Crippen LogP contribution in [0.5, 0.6) is 11.5 Å². The first-order valence-electron chi connectivity index (χ1n) is 11.2. The maximum absolute atomic E-state index is 12.8. The number of rotatable bonds is 12. The molecule has 0 amide bonds. The molecule has 0 aliphatic rings. The predicted octanol–water partition coefficient (Wildman–Crippen LogP) is 3.29. The summed E-state index contributed by atoms with van der Waals surface area (Å²) in [5.74, 6) is 1.31. The number of fused-ring (bicyclic) bond motifs is 1. The number of carbonyl (C=O) groups is 1. The van der Waals surface area contributed by atoms with Gasteiger partial charge in [-0.2, -0.15) is 0 Å². The zero-order chi connectivity index (χ0) is 25.5. The number of aliphatic hydroxyl groups is 1. The van der Waals surface area contributed by atoms with E-state index in [9.17, 15) is 14.7 Å². The summed E-state index contributed by atoms with van der Waals surface area (Å²) >= 11 is 1.14. The minimum atomic E-state index is -0.783. The highest BCUT2D eigenvalue weighted by Crippen LogP contribution is 2.28. The van der Waals surface area contributed by atoms with Crippen LogP contribution in [0.4, 0.5) is 0 Å². The molecule has 3 rings (SSSR count). The zero-order valence-corrected chi connectivity index (χ0v) is 21.2. The maximum atomic E-state index is 12.8. The van der Waals surface area contributed by atoms with Crippen molar-refractivity contribution < 1.29 is 24.1 Å². The van der Waals surface area contributed by atoms with Crippen LogP contribution >= 0.6 is 11.3 Å². The summed E-state index contributed by atoms with van der Waals surface area (Å²) < 4.78 is 16.1. The molecule has 0 radical (unpaired) electrons. The number of hydrogen-bond acceptors (Lipinski definition) is 9. The number of benzene rings is 1. The summed E-state index contributed by atoms with van der Waals surface area (Å²) in [6.07, 6.45) is 0.665. The van der Waals surface area contributed by atoms with Crippen molar-refractivity contribution in [1.82, 2.24) is 14.9 Å². The molecule has 0 aliphatic heterocycles. The lowest BCUT2D eigenvalue weighted by molar-refractivity contribution is 0.0383. The van der Waals surface area contributed by atoms with Gasteiger partial charge in [0.15, 0.2) is 0 Å². The molecule has 0 aliphatic carbocycles. The Morgan fingerprint density at radius 1 is 1.29 bits per heavy atom. The second-order valence-corrected chi connectivity index (χ2v) is 9.33. The molecule has 9 nitrogen and oxygen atoms in total. The fourth-order valence-electron chi connectivity index (χ4n) is 3.54. The molecule has 188 valence electrons. The highest BCUT2D eigenvalue weighted by Gasteiger charge is 2.22. The fraction of sp³-hybridized carbons (Fsp3) is 0.400. The van der Waals surface area contributed by atoms with Gasteiger partial charge in [0, 0.05) is 13.1 Å². The van der Waals surface area contributed by atoms with Crippen molar-refractivity contribution in [3.63, 3.8) is 0 Å². The Hall–Kier alpha value is -3.21. The van der Waals surface area contributed by atoms with Gasteiger partial charge in [-0.05, 0) is 50.6 Å². The molecule has 35 heavy (non-hydrogen) atoms. The lowest BCUT2D eigenvalue weighted by Crippen LogP contribution is -2.36. The van der Waals surface area contributed by atoms with Crippen molar-refractivity contribution in [3.05, 3.63) is 63.5 Å². The van der Waals surface area contributed by atoms with Gasteiger partial charge in [0.25, 0.3) is 5.56 Å². The van der Waals surface area contributed by atoms with Gasteiger partial charge in [-0.3, -0.25) is 9.69 Å². The maximum Gasteiger partial charge on any atom is 0.348 e. The minimum absolute atomic E-state index is 0.0917. The Kier molecular flexibility index (Phi) is 9.02. The number of nitrogens with zero attached hydrogens (tertiary/aromatic N) is 2. The molecule has 1 aromatic carbocycles. The molecule has 2 heterocycles. The Bertz CT molecular complexity index is 1220. The predicted molar refractivity (Wildman–Crippen MR) is 135 cm³/mol. The number of methoxy groups -OCH3 is 1. The van der Waals surface area contributed by atoms with E-state index >= 15 is 0 Å². The van der Waals surface area contributed by atoms with Crippen molar-refractivity contribution >= 4 is 27.5 Å². The van der Waals surface area contributed by atoms with E-state index in [0.717, 1.165) is 17.1 Å².